The number of hydrogen-bond donors (Lipinski definition) is 3. The molecule has 0 aliphatic carbocycles. The van der Waals surface area contributed by atoms with Crippen LogP contribution in [0.15, 0.2) is 48.5 Å². The zero-order valence-corrected chi connectivity index (χ0v) is 12.6. The van der Waals surface area contributed by atoms with Crippen molar-refractivity contribution in [2.75, 3.05) is 0 Å². The molecular formula is C17H16N4O2. The minimum atomic E-state index is -0.459. The molecule has 0 unspecified atom stereocenters. The molecule has 3 N–H and O–H groups in total. The van der Waals surface area contributed by atoms with Crippen LogP contribution in [-0.2, 0) is 11.2 Å². The number of amides is 2. The van der Waals surface area contributed by atoms with Gasteiger partial charge in [-0.25, -0.2) is 0 Å². The second-order valence-electron chi connectivity index (χ2n) is 5.28. The maximum Gasteiger partial charge on any atom is 0.290 e. The quantitative estimate of drug-likeness (QED) is 0.646. The van der Waals surface area contributed by atoms with Gasteiger partial charge in [0.05, 0.1) is 11.9 Å². The number of rotatable bonds is 3. The summed E-state index contributed by atoms with van der Waals surface area (Å²) >= 11 is 0. The first-order chi connectivity index (χ1) is 11.1. The van der Waals surface area contributed by atoms with Gasteiger partial charge in [-0.2, -0.15) is 5.10 Å². The summed E-state index contributed by atoms with van der Waals surface area (Å²) in [6, 6.07) is 15.0. The maximum absolute atomic E-state index is 12.1. The number of fused-ring (bicyclic) bond motifs is 1. The van der Waals surface area contributed by atoms with Crippen molar-refractivity contribution in [3.8, 4) is 0 Å². The van der Waals surface area contributed by atoms with Crippen molar-refractivity contribution in [2.45, 2.75) is 13.3 Å². The average Bonchev–Trinajstić information content (AvgIpc) is 2.99. The van der Waals surface area contributed by atoms with Gasteiger partial charge in [-0.05, 0) is 18.6 Å². The van der Waals surface area contributed by atoms with E-state index in [2.05, 4.69) is 21.0 Å². The lowest BCUT2D eigenvalue weighted by Crippen LogP contribution is -2.42. The number of carbonyl (C=O) groups excluding carboxylic acids is 2. The predicted molar refractivity (Wildman–Crippen MR) is 86.6 cm³/mol. The van der Waals surface area contributed by atoms with Crippen LogP contribution < -0.4 is 10.9 Å². The van der Waals surface area contributed by atoms with Gasteiger partial charge in [-0.15, -0.1) is 0 Å². The largest absolute Gasteiger partial charge is 0.290 e. The van der Waals surface area contributed by atoms with Crippen molar-refractivity contribution in [1.82, 2.24) is 21.0 Å². The normalized spacial score (nSPS) is 10.5. The number of aromatic amines is 1. The van der Waals surface area contributed by atoms with E-state index in [1.807, 2.05) is 49.4 Å². The molecule has 0 saturated carbocycles. The average molecular weight is 308 g/mol. The second-order valence-corrected chi connectivity index (χ2v) is 5.28. The number of nitrogens with zero attached hydrogens (tertiary/aromatic N) is 1. The number of para-hydroxylation sites is 1. The highest BCUT2D eigenvalue weighted by atomic mass is 16.2. The van der Waals surface area contributed by atoms with E-state index in [-0.39, 0.29) is 18.0 Å². The first-order valence-corrected chi connectivity index (χ1v) is 7.21. The number of aromatic nitrogens is 2. The number of aryl methyl sites for hydroxylation is 1. The van der Waals surface area contributed by atoms with Gasteiger partial charge in [-0.3, -0.25) is 25.5 Å². The van der Waals surface area contributed by atoms with Crippen LogP contribution in [0.4, 0.5) is 0 Å². The van der Waals surface area contributed by atoms with E-state index in [9.17, 15) is 9.59 Å². The van der Waals surface area contributed by atoms with E-state index in [4.69, 9.17) is 0 Å². The van der Waals surface area contributed by atoms with Gasteiger partial charge in [0.15, 0.2) is 5.69 Å². The van der Waals surface area contributed by atoms with Gasteiger partial charge >= 0.3 is 0 Å². The van der Waals surface area contributed by atoms with Gasteiger partial charge in [0.25, 0.3) is 5.91 Å². The smallest absolute Gasteiger partial charge is 0.277 e. The number of nitrogens with one attached hydrogen (secondary N) is 3. The Morgan fingerprint density at radius 3 is 2.57 bits per heavy atom. The van der Waals surface area contributed by atoms with Crippen LogP contribution in [-0.4, -0.2) is 22.0 Å². The summed E-state index contributed by atoms with van der Waals surface area (Å²) in [7, 11) is 0. The van der Waals surface area contributed by atoms with Crippen molar-refractivity contribution < 1.29 is 9.59 Å². The van der Waals surface area contributed by atoms with Crippen LogP contribution in [0.25, 0.3) is 10.9 Å². The molecule has 2 amide bonds. The molecule has 1 heterocycles. The fourth-order valence-corrected chi connectivity index (χ4v) is 2.26. The Morgan fingerprint density at radius 2 is 1.78 bits per heavy atom. The minimum Gasteiger partial charge on any atom is -0.277 e. The minimum absolute atomic E-state index is 0.196. The molecule has 116 valence electrons. The molecule has 0 saturated heterocycles. The molecule has 0 radical (unpaired) electrons. The third kappa shape index (κ3) is 3.37. The molecule has 6 heteroatoms. The molecule has 0 aliphatic rings. The lowest BCUT2D eigenvalue weighted by molar-refractivity contribution is -0.121. The van der Waals surface area contributed by atoms with E-state index < -0.39 is 5.91 Å². The molecule has 1 aromatic heterocycles. The molecule has 3 aromatic rings. The molecule has 0 atom stereocenters. The Kier molecular flexibility index (Phi) is 4.05. The number of hydrogen-bond acceptors (Lipinski definition) is 3. The molecule has 23 heavy (non-hydrogen) atoms. The highest BCUT2D eigenvalue weighted by Crippen LogP contribution is 2.14. The van der Waals surface area contributed by atoms with E-state index in [0.29, 0.717) is 5.39 Å². The van der Waals surface area contributed by atoms with Crippen molar-refractivity contribution in [3.05, 3.63) is 65.4 Å². The number of hydrazine groups is 1. The van der Waals surface area contributed by atoms with E-state index in [1.54, 1.807) is 6.07 Å². The number of benzene rings is 2. The second kappa shape index (κ2) is 6.31. The van der Waals surface area contributed by atoms with Crippen LogP contribution in [0.5, 0.6) is 0 Å². The summed E-state index contributed by atoms with van der Waals surface area (Å²) in [5.41, 5.74) is 7.82. The predicted octanol–water partition coefficient (Wildman–Crippen LogP) is 1.88. The highest BCUT2D eigenvalue weighted by Gasteiger charge is 2.14. The van der Waals surface area contributed by atoms with Gasteiger partial charge in [0, 0.05) is 5.39 Å². The molecule has 3 rings (SSSR count). The molecular weight excluding hydrogens is 292 g/mol. The lowest BCUT2D eigenvalue weighted by Gasteiger charge is -2.06. The summed E-state index contributed by atoms with van der Waals surface area (Å²) in [6.07, 6.45) is 0.196. The topological polar surface area (TPSA) is 86.9 Å². The molecule has 0 spiro atoms. The van der Waals surface area contributed by atoms with Crippen molar-refractivity contribution in [1.29, 1.82) is 0 Å². The molecule has 2 aromatic carbocycles. The summed E-state index contributed by atoms with van der Waals surface area (Å²) < 4.78 is 0. The Balaban J connectivity index is 1.60. The van der Waals surface area contributed by atoms with E-state index in [1.165, 1.54) is 0 Å². The summed E-state index contributed by atoms with van der Waals surface area (Å²) in [5.74, 6) is -0.748. The van der Waals surface area contributed by atoms with Crippen LogP contribution in [0.2, 0.25) is 0 Å². The standard InChI is InChI=1S/C17H16N4O2/c1-11-6-8-12(9-7-11)10-15(22)19-21-17(23)16-13-4-2-3-5-14(13)18-20-16/h2-9H,10H2,1H3,(H,18,20)(H,19,22)(H,21,23). The fourth-order valence-electron chi connectivity index (χ4n) is 2.26. The zero-order valence-electron chi connectivity index (χ0n) is 12.6. The van der Waals surface area contributed by atoms with Crippen LogP contribution in [0, 0.1) is 6.92 Å². The Morgan fingerprint density at radius 1 is 1.04 bits per heavy atom. The maximum atomic E-state index is 12.1. The van der Waals surface area contributed by atoms with Gasteiger partial charge in [-0.1, -0.05) is 48.0 Å². The summed E-state index contributed by atoms with van der Waals surface area (Å²) in [6.45, 7) is 1.98. The summed E-state index contributed by atoms with van der Waals surface area (Å²) in [5, 5.41) is 7.46. The van der Waals surface area contributed by atoms with Crippen LogP contribution >= 0.6 is 0 Å². The third-order valence-electron chi connectivity index (χ3n) is 3.49. The first-order valence-electron chi connectivity index (χ1n) is 7.21. The molecule has 0 aliphatic heterocycles. The van der Waals surface area contributed by atoms with Crippen molar-refractivity contribution >= 4 is 22.7 Å². The van der Waals surface area contributed by atoms with Crippen LogP contribution in [0.3, 0.4) is 0 Å². The number of carbonyl (C=O) groups is 2. The lowest BCUT2D eigenvalue weighted by atomic mass is 10.1. The highest BCUT2D eigenvalue weighted by molar-refractivity contribution is 6.05. The van der Waals surface area contributed by atoms with E-state index >= 15 is 0 Å². The third-order valence-corrected chi connectivity index (χ3v) is 3.49. The Bertz CT molecular complexity index is 852. The first kappa shape index (κ1) is 14.8. The van der Waals surface area contributed by atoms with Crippen molar-refractivity contribution in [3.63, 3.8) is 0 Å². The fraction of sp³-hybridized carbons (Fsp3) is 0.118. The van der Waals surface area contributed by atoms with Crippen LogP contribution in [0.1, 0.15) is 21.6 Å². The van der Waals surface area contributed by atoms with Crippen molar-refractivity contribution in [2.24, 2.45) is 0 Å². The Hall–Kier alpha value is -3.15. The van der Waals surface area contributed by atoms with Gasteiger partial charge in [0.2, 0.25) is 5.91 Å². The Labute approximate surface area is 132 Å². The SMILES string of the molecule is Cc1ccc(CC(=O)NNC(=O)c2n[nH]c3ccccc23)cc1. The summed E-state index contributed by atoms with van der Waals surface area (Å²) in [4.78, 5) is 24.0. The molecule has 0 fully saturated rings. The molecule has 6 nitrogen and oxygen atoms in total. The zero-order chi connectivity index (χ0) is 16.2. The van der Waals surface area contributed by atoms with E-state index in [0.717, 1.165) is 16.6 Å². The van der Waals surface area contributed by atoms with Gasteiger partial charge < -0.3 is 0 Å². The van der Waals surface area contributed by atoms with Gasteiger partial charge in [0.1, 0.15) is 0 Å². The molecule has 0 bridgehead atoms. The number of H-pyrrole nitrogens is 1. The monoisotopic (exact) mass is 308 g/mol.